The van der Waals surface area contributed by atoms with Crippen molar-refractivity contribution in [2.24, 2.45) is 13.0 Å². The highest BCUT2D eigenvalue weighted by Crippen LogP contribution is 2.35. The van der Waals surface area contributed by atoms with E-state index >= 15 is 0 Å². The first-order valence-corrected chi connectivity index (χ1v) is 6.10. The molecule has 3 aliphatic rings. The molecule has 4 heterocycles. The van der Waals surface area contributed by atoms with Gasteiger partial charge in [0.05, 0.1) is 0 Å². The summed E-state index contributed by atoms with van der Waals surface area (Å²) in [7, 11) is 2.22. The first-order valence-electron chi connectivity index (χ1n) is 6.10. The molecule has 1 saturated heterocycles. The van der Waals surface area contributed by atoms with Crippen LogP contribution in [0.2, 0.25) is 0 Å². The second-order valence-corrected chi connectivity index (χ2v) is 5.27. The first kappa shape index (κ1) is 8.82. The zero-order valence-corrected chi connectivity index (χ0v) is 9.61. The molecule has 2 aromatic rings. The van der Waals surface area contributed by atoms with E-state index in [1.807, 2.05) is 0 Å². The van der Waals surface area contributed by atoms with Crippen LogP contribution in [-0.4, -0.2) is 22.6 Å². The summed E-state index contributed by atoms with van der Waals surface area (Å²) in [6.45, 7) is 3.78. The Bertz CT molecular complexity index is 561. The number of hydrogen-bond donors (Lipinski definition) is 0. The average Bonchev–Trinajstić information content (AvgIpc) is 2.48. The van der Waals surface area contributed by atoms with Crippen molar-refractivity contribution < 1.29 is 0 Å². The number of fused-ring (bicyclic) bond motifs is 1. The molecule has 0 atom stereocenters. The summed E-state index contributed by atoms with van der Waals surface area (Å²) >= 11 is 0. The van der Waals surface area contributed by atoms with E-state index in [-0.39, 0.29) is 0 Å². The Labute approximate surface area is 95.5 Å². The van der Waals surface area contributed by atoms with Crippen LogP contribution in [0.25, 0.3) is 10.9 Å². The van der Waals surface area contributed by atoms with Crippen molar-refractivity contribution in [3.63, 3.8) is 0 Å². The molecule has 5 rings (SSSR count). The van der Waals surface area contributed by atoms with E-state index in [0.29, 0.717) is 0 Å². The van der Waals surface area contributed by atoms with Crippen molar-refractivity contribution in [1.82, 2.24) is 9.47 Å². The Morgan fingerprint density at radius 1 is 1.19 bits per heavy atom. The van der Waals surface area contributed by atoms with E-state index in [1.54, 1.807) is 11.3 Å². The highest BCUT2D eigenvalue weighted by molar-refractivity contribution is 5.85. The molecule has 0 amide bonds. The predicted octanol–water partition coefficient (Wildman–Crippen LogP) is 2.17. The lowest BCUT2D eigenvalue weighted by molar-refractivity contribution is 0.103. The Morgan fingerprint density at radius 3 is 2.88 bits per heavy atom. The van der Waals surface area contributed by atoms with Crippen molar-refractivity contribution in [2.75, 3.05) is 13.1 Å². The number of rotatable bonds is 0. The normalized spacial score (nSPS) is 27.3. The van der Waals surface area contributed by atoms with Gasteiger partial charge in [-0.1, -0.05) is 18.2 Å². The molecular weight excluding hydrogens is 196 g/mol. The van der Waals surface area contributed by atoms with Crippen molar-refractivity contribution in [1.29, 1.82) is 0 Å². The van der Waals surface area contributed by atoms with Gasteiger partial charge in [0, 0.05) is 43.3 Å². The highest BCUT2D eigenvalue weighted by atomic mass is 15.2. The molecule has 0 N–H and O–H groups in total. The van der Waals surface area contributed by atoms with Gasteiger partial charge in [-0.15, -0.1) is 0 Å². The minimum atomic E-state index is 0.907. The first-order chi connectivity index (χ1) is 7.83. The summed E-state index contributed by atoms with van der Waals surface area (Å²) in [4.78, 5) is 2.57. The number of aryl methyl sites for hydroxylation is 1. The number of para-hydroxylation sites is 1. The fourth-order valence-electron chi connectivity index (χ4n) is 3.39. The van der Waals surface area contributed by atoms with Crippen molar-refractivity contribution >= 4 is 10.9 Å². The summed E-state index contributed by atoms with van der Waals surface area (Å²) < 4.78 is 2.41. The third-order valence-corrected chi connectivity index (χ3v) is 4.24. The standard InChI is InChI=1S/C14H16N2/c1-15-13-5-3-2-4-11(13)12-9-16-7-10(8-16)6-14(12)15/h2-5,10H,6-9H2,1H3. The molecule has 2 bridgehead atoms. The lowest BCUT2D eigenvalue weighted by Crippen LogP contribution is -2.44. The van der Waals surface area contributed by atoms with Gasteiger partial charge >= 0.3 is 0 Å². The Kier molecular flexibility index (Phi) is 1.59. The molecule has 0 unspecified atom stereocenters. The molecule has 1 fully saturated rings. The van der Waals surface area contributed by atoms with Gasteiger partial charge in [-0.25, -0.2) is 0 Å². The second kappa shape index (κ2) is 2.89. The fourth-order valence-corrected chi connectivity index (χ4v) is 3.39. The van der Waals surface area contributed by atoms with Gasteiger partial charge in [0.2, 0.25) is 0 Å². The molecule has 0 saturated carbocycles. The molecule has 82 valence electrons. The van der Waals surface area contributed by atoms with E-state index in [1.165, 1.54) is 30.4 Å². The van der Waals surface area contributed by atoms with E-state index in [2.05, 4.69) is 40.8 Å². The Hall–Kier alpha value is -1.28. The van der Waals surface area contributed by atoms with Gasteiger partial charge in [0.1, 0.15) is 0 Å². The molecule has 0 spiro atoms. The van der Waals surface area contributed by atoms with Gasteiger partial charge < -0.3 is 4.57 Å². The fraction of sp³-hybridized carbons (Fsp3) is 0.429. The summed E-state index contributed by atoms with van der Waals surface area (Å²) in [5.41, 5.74) is 4.55. The number of nitrogens with zero attached hydrogens (tertiary/aromatic N) is 2. The molecule has 1 aromatic carbocycles. The van der Waals surface area contributed by atoms with E-state index in [9.17, 15) is 0 Å². The van der Waals surface area contributed by atoms with Gasteiger partial charge in [-0.2, -0.15) is 0 Å². The smallest absolute Gasteiger partial charge is 0.0483 e. The third kappa shape index (κ3) is 1.00. The van der Waals surface area contributed by atoms with E-state index in [4.69, 9.17) is 0 Å². The lowest BCUT2D eigenvalue weighted by atomic mass is 9.97. The van der Waals surface area contributed by atoms with Gasteiger partial charge in [0.15, 0.2) is 0 Å². The zero-order chi connectivity index (χ0) is 10.7. The summed E-state index contributed by atoms with van der Waals surface area (Å²) in [6.07, 6.45) is 1.27. The average molecular weight is 212 g/mol. The largest absolute Gasteiger partial charge is 0.347 e. The molecule has 3 aliphatic heterocycles. The summed E-state index contributed by atoms with van der Waals surface area (Å²) in [5.74, 6) is 0.907. The zero-order valence-electron chi connectivity index (χ0n) is 9.61. The quantitative estimate of drug-likeness (QED) is 0.649. The second-order valence-electron chi connectivity index (χ2n) is 5.27. The number of benzene rings is 1. The highest BCUT2D eigenvalue weighted by Gasteiger charge is 2.33. The van der Waals surface area contributed by atoms with Crippen LogP contribution in [0.15, 0.2) is 24.3 Å². The minimum Gasteiger partial charge on any atom is -0.347 e. The molecule has 0 aliphatic carbocycles. The molecule has 16 heavy (non-hydrogen) atoms. The molecule has 1 aromatic heterocycles. The monoisotopic (exact) mass is 212 g/mol. The SMILES string of the molecule is Cn1c2c(c3ccccc31)CN1CC(C2)C1. The maximum absolute atomic E-state index is 2.57. The van der Waals surface area contributed by atoms with Gasteiger partial charge in [0.25, 0.3) is 0 Å². The Balaban J connectivity index is 2.03. The lowest BCUT2D eigenvalue weighted by Gasteiger charge is -2.36. The van der Waals surface area contributed by atoms with Crippen LogP contribution in [0.1, 0.15) is 11.3 Å². The third-order valence-electron chi connectivity index (χ3n) is 4.24. The van der Waals surface area contributed by atoms with Gasteiger partial charge in [-0.3, -0.25) is 4.90 Å². The maximum Gasteiger partial charge on any atom is 0.0483 e. The molecule has 2 heteroatoms. The molecule has 0 radical (unpaired) electrons. The van der Waals surface area contributed by atoms with Crippen molar-refractivity contribution in [3.05, 3.63) is 35.5 Å². The summed E-state index contributed by atoms with van der Waals surface area (Å²) in [6, 6.07) is 8.82. The van der Waals surface area contributed by atoms with Crippen molar-refractivity contribution in [3.8, 4) is 0 Å². The Morgan fingerprint density at radius 2 is 2.00 bits per heavy atom. The predicted molar refractivity (Wildman–Crippen MR) is 65.4 cm³/mol. The topological polar surface area (TPSA) is 8.17 Å². The van der Waals surface area contributed by atoms with Crippen LogP contribution in [0.5, 0.6) is 0 Å². The van der Waals surface area contributed by atoms with Crippen molar-refractivity contribution in [2.45, 2.75) is 13.0 Å². The van der Waals surface area contributed by atoms with E-state index in [0.717, 1.165) is 12.5 Å². The van der Waals surface area contributed by atoms with Crippen LogP contribution in [0.3, 0.4) is 0 Å². The maximum atomic E-state index is 2.57. The van der Waals surface area contributed by atoms with Crippen LogP contribution >= 0.6 is 0 Å². The summed E-state index contributed by atoms with van der Waals surface area (Å²) in [5, 5.41) is 1.47. The number of aromatic nitrogens is 1. The molecular formula is C14H16N2. The van der Waals surface area contributed by atoms with Crippen LogP contribution in [0, 0.1) is 5.92 Å². The molecule has 2 nitrogen and oxygen atoms in total. The van der Waals surface area contributed by atoms with Crippen LogP contribution in [-0.2, 0) is 20.0 Å². The van der Waals surface area contributed by atoms with Gasteiger partial charge in [-0.05, 0) is 24.0 Å². The van der Waals surface area contributed by atoms with Crippen LogP contribution < -0.4 is 0 Å². The minimum absolute atomic E-state index is 0.907. The number of hydrogen-bond acceptors (Lipinski definition) is 1. The van der Waals surface area contributed by atoms with Crippen LogP contribution in [0.4, 0.5) is 0 Å². The van der Waals surface area contributed by atoms with E-state index < -0.39 is 0 Å².